The zero-order chi connectivity index (χ0) is 19.4. The number of nitrogens with zero attached hydrogens (tertiary/aromatic N) is 2. The summed E-state index contributed by atoms with van der Waals surface area (Å²) in [6, 6.07) is 7.87. The number of rotatable bonds is 7. The SMILES string of the molecule is CCCn1c(SCC(=O)Nc2c(C)cccc2CC)nc2ccsc2c1=O. The maximum absolute atomic E-state index is 12.7. The summed E-state index contributed by atoms with van der Waals surface area (Å²) < 4.78 is 2.35. The van der Waals surface area contributed by atoms with Crippen LogP contribution in [0.5, 0.6) is 0 Å². The van der Waals surface area contributed by atoms with Crippen molar-refractivity contribution in [3.8, 4) is 0 Å². The lowest BCUT2D eigenvalue weighted by Gasteiger charge is -2.14. The fourth-order valence-corrected chi connectivity index (χ4v) is 4.57. The molecule has 27 heavy (non-hydrogen) atoms. The van der Waals surface area contributed by atoms with E-state index in [4.69, 9.17) is 0 Å². The number of thiophene rings is 1. The topological polar surface area (TPSA) is 64.0 Å². The third kappa shape index (κ3) is 4.25. The van der Waals surface area contributed by atoms with E-state index in [0.29, 0.717) is 21.9 Å². The van der Waals surface area contributed by atoms with E-state index < -0.39 is 0 Å². The minimum absolute atomic E-state index is 0.0214. The highest BCUT2D eigenvalue weighted by molar-refractivity contribution is 7.99. The van der Waals surface area contributed by atoms with Gasteiger partial charge in [0.05, 0.1) is 11.3 Å². The van der Waals surface area contributed by atoms with Crippen molar-refractivity contribution in [3.63, 3.8) is 0 Å². The third-order valence-corrected chi connectivity index (χ3v) is 6.18. The van der Waals surface area contributed by atoms with Crippen molar-refractivity contribution in [1.29, 1.82) is 0 Å². The molecule has 0 saturated carbocycles. The quantitative estimate of drug-likeness (QED) is 0.469. The van der Waals surface area contributed by atoms with Gasteiger partial charge in [-0.25, -0.2) is 4.98 Å². The van der Waals surface area contributed by atoms with Gasteiger partial charge in [-0.3, -0.25) is 14.2 Å². The van der Waals surface area contributed by atoms with Crippen molar-refractivity contribution < 1.29 is 4.79 Å². The summed E-state index contributed by atoms with van der Waals surface area (Å²) in [4.78, 5) is 29.8. The molecule has 0 unspecified atom stereocenters. The van der Waals surface area contributed by atoms with E-state index >= 15 is 0 Å². The van der Waals surface area contributed by atoms with Gasteiger partial charge in [0.2, 0.25) is 5.91 Å². The molecule has 0 radical (unpaired) electrons. The van der Waals surface area contributed by atoms with Crippen LogP contribution in [-0.2, 0) is 17.8 Å². The fraction of sp³-hybridized carbons (Fsp3) is 0.350. The molecule has 5 nitrogen and oxygen atoms in total. The highest BCUT2D eigenvalue weighted by atomic mass is 32.2. The molecular formula is C20H23N3O2S2. The number of amides is 1. The van der Waals surface area contributed by atoms with Crippen LogP contribution in [0.3, 0.4) is 0 Å². The van der Waals surface area contributed by atoms with Crippen LogP contribution in [0.15, 0.2) is 39.6 Å². The average Bonchev–Trinajstić information content (AvgIpc) is 3.13. The maximum Gasteiger partial charge on any atom is 0.272 e. The van der Waals surface area contributed by atoms with Crippen molar-refractivity contribution >= 4 is 44.9 Å². The van der Waals surface area contributed by atoms with E-state index in [0.717, 1.165) is 29.7 Å². The number of anilines is 1. The molecule has 3 aromatic rings. The number of para-hydroxylation sites is 1. The fourth-order valence-electron chi connectivity index (χ4n) is 2.96. The van der Waals surface area contributed by atoms with Crippen molar-refractivity contribution in [2.75, 3.05) is 11.1 Å². The molecule has 1 aromatic carbocycles. The Morgan fingerprint density at radius 1 is 1.30 bits per heavy atom. The van der Waals surface area contributed by atoms with Gasteiger partial charge < -0.3 is 5.32 Å². The molecule has 1 amide bonds. The van der Waals surface area contributed by atoms with Gasteiger partial charge in [0.15, 0.2) is 5.16 Å². The average molecular weight is 402 g/mol. The summed E-state index contributed by atoms with van der Waals surface area (Å²) in [6.07, 6.45) is 1.69. The first-order chi connectivity index (χ1) is 13.0. The Labute approximate surface area is 166 Å². The number of benzene rings is 1. The molecule has 0 atom stereocenters. The number of carbonyl (C=O) groups is 1. The van der Waals surface area contributed by atoms with Gasteiger partial charge in [-0.1, -0.05) is 43.8 Å². The molecule has 1 N–H and O–H groups in total. The lowest BCUT2D eigenvalue weighted by Crippen LogP contribution is -2.23. The molecule has 2 aromatic heterocycles. The van der Waals surface area contributed by atoms with Crippen LogP contribution >= 0.6 is 23.1 Å². The molecule has 0 aliphatic heterocycles. The highest BCUT2D eigenvalue weighted by Crippen LogP contribution is 2.24. The number of hydrogen-bond acceptors (Lipinski definition) is 5. The predicted octanol–water partition coefficient (Wildman–Crippen LogP) is 4.47. The van der Waals surface area contributed by atoms with Crippen molar-refractivity contribution in [3.05, 3.63) is 51.1 Å². The first-order valence-electron chi connectivity index (χ1n) is 9.04. The monoisotopic (exact) mass is 401 g/mol. The van der Waals surface area contributed by atoms with E-state index in [2.05, 4.69) is 17.2 Å². The summed E-state index contributed by atoms with van der Waals surface area (Å²) in [7, 11) is 0. The van der Waals surface area contributed by atoms with Gasteiger partial charge in [-0.2, -0.15) is 0 Å². The molecule has 3 rings (SSSR count). The van der Waals surface area contributed by atoms with Crippen LogP contribution in [0.25, 0.3) is 10.2 Å². The molecule has 0 saturated heterocycles. The van der Waals surface area contributed by atoms with E-state index in [1.165, 1.54) is 23.1 Å². The number of aromatic nitrogens is 2. The Balaban J connectivity index is 1.79. The van der Waals surface area contributed by atoms with Crippen molar-refractivity contribution in [2.45, 2.75) is 45.3 Å². The molecule has 0 bridgehead atoms. The molecule has 142 valence electrons. The molecular weight excluding hydrogens is 378 g/mol. The summed E-state index contributed by atoms with van der Waals surface area (Å²) in [5.41, 5.74) is 3.74. The summed E-state index contributed by atoms with van der Waals surface area (Å²) in [5.74, 6) is 0.121. The Kier molecular flexibility index (Phi) is 6.34. The van der Waals surface area contributed by atoms with Crippen molar-refractivity contribution in [2.24, 2.45) is 0 Å². The molecule has 0 fully saturated rings. The van der Waals surface area contributed by atoms with E-state index in [9.17, 15) is 9.59 Å². The highest BCUT2D eigenvalue weighted by Gasteiger charge is 2.15. The summed E-state index contributed by atoms with van der Waals surface area (Å²) >= 11 is 2.72. The number of hydrogen-bond donors (Lipinski definition) is 1. The number of carbonyl (C=O) groups excluding carboxylic acids is 1. The van der Waals surface area contributed by atoms with E-state index in [-0.39, 0.29) is 17.2 Å². The lowest BCUT2D eigenvalue weighted by atomic mass is 10.1. The van der Waals surface area contributed by atoms with Crippen LogP contribution in [-0.4, -0.2) is 21.2 Å². The first-order valence-corrected chi connectivity index (χ1v) is 10.9. The largest absolute Gasteiger partial charge is 0.325 e. The second-order valence-electron chi connectivity index (χ2n) is 6.29. The van der Waals surface area contributed by atoms with E-state index in [1.54, 1.807) is 4.57 Å². The summed E-state index contributed by atoms with van der Waals surface area (Å²) in [5, 5.41) is 5.50. The van der Waals surface area contributed by atoms with Gasteiger partial charge in [-0.05, 0) is 42.3 Å². The zero-order valence-electron chi connectivity index (χ0n) is 15.7. The van der Waals surface area contributed by atoms with Crippen molar-refractivity contribution in [1.82, 2.24) is 9.55 Å². The minimum atomic E-state index is -0.0910. The molecule has 0 spiro atoms. The van der Waals surface area contributed by atoms with Gasteiger partial charge in [0.1, 0.15) is 4.70 Å². The molecule has 0 aliphatic carbocycles. The second-order valence-corrected chi connectivity index (χ2v) is 8.14. The van der Waals surface area contributed by atoms with Gasteiger partial charge in [0, 0.05) is 12.2 Å². The lowest BCUT2D eigenvalue weighted by molar-refractivity contribution is -0.113. The van der Waals surface area contributed by atoms with Crippen LogP contribution < -0.4 is 10.9 Å². The molecule has 2 heterocycles. The van der Waals surface area contributed by atoms with E-state index in [1.807, 2.05) is 43.5 Å². The maximum atomic E-state index is 12.7. The smallest absolute Gasteiger partial charge is 0.272 e. The second kappa shape index (κ2) is 8.71. The minimum Gasteiger partial charge on any atom is -0.325 e. The number of nitrogens with one attached hydrogen (secondary N) is 1. The molecule has 7 heteroatoms. The van der Waals surface area contributed by atoms with Crippen LogP contribution in [0.1, 0.15) is 31.4 Å². The Hall–Kier alpha value is -2.12. The van der Waals surface area contributed by atoms with Gasteiger partial charge in [0.25, 0.3) is 5.56 Å². The standard InChI is InChI=1S/C20H23N3O2S2/c1-4-10-23-19(25)18-15(9-11-26-18)21-20(23)27-12-16(24)22-17-13(3)7-6-8-14(17)5-2/h6-9,11H,4-5,10,12H2,1-3H3,(H,22,24). The summed E-state index contributed by atoms with van der Waals surface area (Å²) in [6.45, 7) is 6.69. The Morgan fingerprint density at radius 2 is 2.11 bits per heavy atom. The normalized spacial score (nSPS) is 11.1. The van der Waals surface area contributed by atoms with Crippen LogP contribution in [0.2, 0.25) is 0 Å². The Morgan fingerprint density at radius 3 is 2.85 bits per heavy atom. The van der Waals surface area contributed by atoms with Gasteiger partial charge in [-0.15, -0.1) is 11.3 Å². The first kappa shape index (κ1) is 19.6. The number of aryl methyl sites for hydroxylation is 2. The predicted molar refractivity (Wildman–Crippen MR) is 114 cm³/mol. The van der Waals surface area contributed by atoms with Crippen LogP contribution in [0.4, 0.5) is 5.69 Å². The van der Waals surface area contributed by atoms with Gasteiger partial charge >= 0.3 is 0 Å². The third-order valence-electron chi connectivity index (χ3n) is 4.31. The number of fused-ring (bicyclic) bond motifs is 1. The Bertz CT molecular complexity index is 1020. The number of thioether (sulfide) groups is 1. The zero-order valence-corrected chi connectivity index (χ0v) is 17.4. The van der Waals surface area contributed by atoms with Crippen LogP contribution in [0, 0.1) is 6.92 Å². The molecule has 0 aliphatic rings.